The summed E-state index contributed by atoms with van der Waals surface area (Å²) in [5, 5.41) is 18.3. The third-order valence-electron chi connectivity index (χ3n) is 4.85. The first kappa shape index (κ1) is 12.8. The molecule has 0 aliphatic carbocycles. The highest BCUT2D eigenvalue weighted by molar-refractivity contribution is 4.67. The maximum absolute atomic E-state index is 9.16. The highest BCUT2D eigenvalue weighted by atomic mass is 16.5. The minimum Gasteiger partial charge on any atom is -0.393 e. The van der Waals surface area contributed by atoms with E-state index < -0.39 is 0 Å². The lowest BCUT2D eigenvalue weighted by molar-refractivity contribution is -1.03. The Morgan fingerprint density at radius 1 is 0.778 bits per heavy atom. The van der Waals surface area contributed by atoms with E-state index in [9.17, 15) is 0 Å². The van der Waals surface area contributed by atoms with Crippen molar-refractivity contribution >= 4 is 0 Å². The van der Waals surface area contributed by atoms with Gasteiger partial charge in [-0.15, -0.1) is 0 Å². The van der Waals surface area contributed by atoms with Crippen LogP contribution in [0.2, 0.25) is 0 Å². The van der Waals surface area contributed by atoms with Crippen molar-refractivity contribution in [2.75, 3.05) is 65.9 Å². The molecule has 3 aliphatic rings. The van der Waals surface area contributed by atoms with Gasteiger partial charge in [0, 0.05) is 0 Å². The molecule has 0 radical (unpaired) electrons. The molecule has 0 saturated carbocycles. The lowest BCUT2D eigenvalue weighted by atomic mass is 10.2. The van der Waals surface area contributed by atoms with E-state index in [4.69, 9.17) is 19.7 Å². The van der Waals surface area contributed by atoms with Crippen molar-refractivity contribution in [3.63, 3.8) is 0 Å². The van der Waals surface area contributed by atoms with Crippen LogP contribution in [-0.2, 0) is 9.47 Å². The first-order valence-corrected chi connectivity index (χ1v) is 6.84. The van der Waals surface area contributed by atoms with Gasteiger partial charge in [0.25, 0.3) is 0 Å². The Labute approximate surface area is 107 Å². The van der Waals surface area contributed by atoms with Crippen molar-refractivity contribution in [3.8, 4) is 0 Å². The fourth-order valence-corrected chi connectivity index (χ4v) is 3.52. The number of hydrogen-bond acceptors (Lipinski definition) is 4. The van der Waals surface area contributed by atoms with Gasteiger partial charge >= 0.3 is 0 Å². The summed E-state index contributed by atoms with van der Waals surface area (Å²) in [6.45, 7) is 8.03. The zero-order chi connectivity index (χ0) is 12.6. The van der Waals surface area contributed by atoms with Crippen LogP contribution in [0, 0.1) is 0 Å². The van der Waals surface area contributed by atoms with Gasteiger partial charge in [-0.2, -0.15) is 0 Å². The molecule has 2 spiro atoms. The molecule has 0 aromatic rings. The summed E-state index contributed by atoms with van der Waals surface area (Å²) in [4.78, 5) is 0. The standard InChI is InChI=1S/C12H24N2O4/c15-7-11-5-13(9-17-11)1-2-14(4-3-13)6-12(8-16)18-10-14/h11-12,15-16H,1-10H2/q+2. The average Bonchev–Trinajstić information content (AvgIpc) is 2.99. The molecule has 2 unspecified atom stereocenters. The maximum Gasteiger partial charge on any atom is 0.184 e. The molecule has 3 fully saturated rings. The molecular formula is C12H24N2O4+2. The summed E-state index contributed by atoms with van der Waals surface area (Å²) >= 11 is 0. The Balaban J connectivity index is 1.58. The number of ether oxygens (including phenoxy) is 2. The van der Waals surface area contributed by atoms with E-state index in [1.807, 2.05) is 0 Å². The molecule has 0 bridgehead atoms. The van der Waals surface area contributed by atoms with Crippen LogP contribution in [0.3, 0.4) is 0 Å². The van der Waals surface area contributed by atoms with E-state index in [1.165, 1.54) is 0 Å². The minimum atomic E-state index is 0.0246. The van der Waals surface area contributed by atoms with E-state index in [2.05, 4.69) is 0 Å². The normalized spacial score (nSPS) is 48.3. The predicted molar refractivity (Wildman–Crippen MR) is 63.4 cm³/mol. The van der Waals surface area contributed by atoms with Crippen LogP contribution in [0.25, 0.3) is 0 Å². The average molecular weight is 260 g/mol. The molecule has 3 heterocycles. The molecule has 6 nitrogen and oxygen atoms in total. The Kier molecular flexibility index (Phi) is 3.34. The fraction of sp³-hybridized carbons (Fsp3) is 1.00. The number of aliphatic hydroxyl groups excluding tert-OH is 2. The molecule has 0 amide bonds. The number of nitrogens with zero attached hydrogens (tertiary/aromatic N) is 2. The summed E-state index contributed by atoms with van der Waals surface area (Å²) in [6.07, 6.45) is 0.0492. The van der Waals surface area contributed by atoms with E-state index in [0.717, 1.165) is 61.7 Å². The number of rotatable bonds is 2. The Morgan fingerprint density at radius 2 is 1.17 bits per heavy atom. The van der Waals surface area contributed by atoms with Crippen LogP contribution in [0.15, 0.2) is 0 Å². The van der Waals surface area contributed by atoms with E-state index >= 15 is 0 Å². The topological polar surface area (TPSA) is 58.9 Å². The van der Waals surface area contributed by atoms with Gasteiger partial charge in [0.1, 0.15) is 51.5 Å². The van der Waals surface area contributed by atoms with Crippen LogP contribution in [0.4, 0.5) is 0 Å². The summed E-state index contributed by atoms with van der Waals surface area (Å²) in [6, 6.07) is 0. The van der Waals surface area contributed by atoms with Gasteiger partial charge in [0.15, 0.2) is 13.5 Å². The molecule has 0 aromatic carbocycles. The highest BCUT2D eigenvalue weighted by Crippen LogP contribution is 2.28. The number of piperazine rings is 1. The quantitative estimate of drug-likeness (QED) is 0.583. The first-order valence-electron chi connectivity index (χ1n) is 6.84. The molecular weight excluding hydrogens is 236 g/mol. The van der Waals surface area contributed by atoms with Crippen LogP contribution in [0.5, 0.6) is 0 Å². The summed E-state index contributed by atoms with van der Waals surface area (Å²) in [5.41, 5.74) is 0. The highest BCUT2D eigenvalue weighted by Gasteiger charge is 2.50. The molecule has 104 valence electrons. The van der Waals surface area contributed by atoms with Crippen molar-refractivity contribution in [1.82, 2.24) is 0 Å². The van der Waals surface area contributed by atoms with E-state index in [1.54, 1.807) is 0 Å². The van der Waals surface area contributed by atoms with Crippen molar-refractivity contribution < 1.29 is 28.7 Å². The van der Waals surface area contributed by atoms with Gasteiger partial charge < -0.3 is 19.7 Å². The zero-order valence-corrected chi connectivity index (χ0v) is 10.8. The van der Waals surface area contributed by atoms with Crippen molar-refractivity contribution in [2.45, 2.75) is 12.2 Å². The van der Waals surface area contributed by atoms with Crippen LogP contribution in [-0.4, -0.2) is 97.3 Å². The van der Waals surface area contributed by atoms with E-state index in [0.29, 0.717) is 0 Å². The van der Waals surface area contributed by atoms with Crippen molar-refractivity contribution in [3.05, 3.63) is 0 Å². The van der Waals surface area contributed by atoms with Gasteiger partial charge in [-0.1, -0.05) is 0 Å². The Bertz CT molecular complexity index is 274. The van der Waals surface area contributed by atoms with Gasteiger partial charge in [-0.25, -0.2) is 0 Å². The monoisotopic (exact) mass is 260 g/mol. The van der Waals surface area contributed by atoms with Gasteiger partial charge in [-0.05, 0) is 0 Å². The molecule has 6 heteroatoms. The summed E-state index contributed by atoms with van der Waals surface area (Å²) < 4.78 is 13.3. The van der Waals surface area contributed by atoms with Crippen LogP contribution >= 0.6 is 0 Å². The first-order chi connectivity index (χ1) is 8.69. The summed E-state index contributed by atoms with van der Waals surface area (Å²) in [5.74, 6) is 0. The second kappa shape index (κ2) is 4.70. The molecule has 3 rings (SSSR count). The molecule has 2 N–H and O–H groups in total. The molecule has 3 aliphatic heterocycles. The second-order valence-corrected chi connectivity index (χ2v) is 6.14. The van der Waals surface area contributed by atoms with Crippen LogP contribution < -0.4 is 0 Å². The third-order valence-corrected chi connectivity index (χ3v) is 4.85. The van der Waals surface area contributed by atoms with Crippen LogP contribution in [0.1, 0.15) is 0 Å². The summed E-state index contributed by atoms with van der Waals surface area (Å²) in [7, 11) is 0. The lowest BCUT2D eigenvalue weighted by Gasteiger charge is -2.44. The van der Waals surface area contributed by atoms with Gasteiger partial charge in [0.05, 0.1) is 13.2 Å². The Hall–Kier alpha value is -0.240. The molecule has 18 heavy (non-hydrogen) atoms. The maximum atomic E-state index is 9.16. The SMILES string of the molecule is OCC1C[N+]2(CC[N+]3(CC2)COC(CO)C3)CO1. The fourth-order valence-electron chi connectivity index (χ4n) is 3.52. The Morgan fingerprint density at radius 3 is 1.44 bits per heavy atom. The minimum absolute atomic E-state index is 0.0246. The predicted octanol–water partition coefficient (Wildman–Crippen LogP) is -1.67. The lowest BCUT2D eigenvalue weighted by Crippen LogP contribution is -2.65. The molecule has 2 atom stereocenters. The molecule has 0 aromatic heterocycles. The van der Waals surface area contributed by atoms with Gasteiger partial charge in [0.2, 0.25) is 0 Å². The number of aliphatic hydroxyl groups is 2. The second-order valence-electron chi connectivity index (χ2n) is 6.14. The molecule has 3 saturated heterocycles. The smallest absolute Gasteiger partial charge is 0.184 e. The zero-order valence-electron chi connectivity index (χ0n) is 10.8. The van der Waals surface area contributed by atoms with E-state index in [-0.39, 0.29) is 25.4 Å². The third kappa shape index (κ3) is 2.17. The number of hydrogen-bond donors (Lipinski definition) is 2. The largest absolute Gasteiger partial charge is 0.393 e. The number of quaternary nitrogens is 2. The van der Waals surface area contributed by atoms with Crippen molar-refractivity contribution in [1.29, 1.82) is 0 Å². The van der Waals surface area contributed by atoms with Gasteiger partial charge in [-0.3, -0.25) is 8.97 Å². The van der Waals surface area contributed by atoms with Crippen molar-refractivity contribution in [2.24, 2.45) is 0 Å².